The molecule has 2 N–H and O–H groups in total. The van der Waals surface area contributed by atoms with Gasteiger partial charge in [0.15, 0.2) is 0 Å². The van der Waals surface area contributed by atoms with E-state index in [1.54, 1.807) is 0 Å². The van der Waals surface area contributed by atoms with Gasteiger partial charge in [0.05, 0.1) is 0 Å². The Labute approximate surface area is 127 Å². The van der Waals surface area contributed by atoms with Crippen molar-refractivity contribution in [3.63, 3.8) is 0 Å². The van der Waals surface area contributed by atoms with Crippen LogP contribution in [0.5, 0.6) is 11.5 Å². The van der Waals surface area contributed by atoms with Gasteiger partial charge in [-0.3, -0.25) is 0 Å². The zero-order valence-electron chi connectivity index (χ0n) is 12.2. The third kappa shape index (κ3) is 3.91. The lowest BCUT2D eigenvalue weighted by atomic mass is 9.99. The zero-order valence-corrected chi connectivity index (χ0v) is 13.0. The van der Waals surface area contributed by atoms with E-state index in [0.29, 0.717) is 5.92 Å². The topological polar surface area (TPSA) is 35.2 Å². The van der Waals surface area contributed by atoms with Crippen molar-refractivity contribution in [2.24, 2.45) is 0 Å². The Morgan fingerprint density at radius 1 is 1.05 bits per heavy atom. The van der Waals surface area contributed by atoms with Crippen molar-refractivity contribution in [2.45, 2.75) is 33.1 Å². The minimum Gasteiger partial charge on any atom is -0.457 e. The lowest BCUT2D eigenvalue weighted by Gasteiger charge is -2.11. The first-order valence-corrected chi connectivity index (χ1v) is 6.74. The molecule has 1 atom stereocenters. The van der Waals surface area contributed by atoms with E-state index in [1.165, 1.54) is 5.56 Å². The van der Waals surface area contributed by atoms with E-state index >= 15 is 0 Å². The van der Waals surface area contributed by atoms with Crippen LogP contribution in [0, 0.1) is 6.92 Å². The Morgan fingerprint density at radius 3 is 2.20 bits per heavy atom. The summed E-state index contributed by atoms with van der Waals surface area (Å²) in [5.41, 5.74) is 8.97. The van der Waals surface area contributed by atoms with Crippen molar-refractivity contribution in [3.05, 3.63) is 53.6 Å². The second-order valence-electron chi connectivity index (χ2n) is 5.00. The summed E-state index contributed by atoms with van der Waals surface area (Å²) >= 11 is 0. The molecule has 0 aliphatic carbocycles. The van der Waals surface area contributed by atoms with Gasteiger partial charge in [-0.2, -0.15) is 0 Å². The summed E-state index contributed by atoms with van der Waals surface area (Å²) in [4.78, 5) is 0. The Kier molecular flexibility index (Phi) is 5.90. The van der Waals surface area contributed by atoms with Crippen LogP contribution in [-0.2, 0) is 0 Å². The van der Waals surface area contributed by atoms with Gasteiger partial charge >= 0.3 is 0 Å². The van der Waals surface area contributed by atoms with Gasteiger partial charge in [-0.05, 0) is 60.7 Å². The monoisotopic (exact) mass is 291 g/mol. The number of benzene rings is 2. The first-order chi connectivity index (χ1) is 9.10. The molecule has 0 radical (unpaired) electrons. The molecule has 0 bridgehead atoms. The maximum absolute atomic E-state index is 5.83. The van der Waals surface area contributed by atoms with Gasteiger partial charge in [-0.1, -0.05) is 26.0 Å². The SMILES string of the molecule is CCC(C)c1ccc(Oc2ccc(N)c(C)c2)cc1.Cl. The number of halogens is 1. The highest BCUT2D eigenvalue weighted by Crippen LogP contribution is 2.27. The molecule has 0 aliphatic rings. The molecule has 0 spiro atoms. The number of hydrogen-bond acceptors (Lipinski definition) is 2. The van der Waals surface area contributed by atoms with Crippen molar-refractivity contribution in [1.82, 2.24) is 0 Å². The van der Waals surface area contributed by atoms with E-state index in [1.807, 2.05) is 37.3 Å². The summed E-state index contributed by atoms with van der Waals surface area (Å²) < 4.78 is 5.83. The Hall–Kier alpha value is -1.67. The Balaban J connectivity index is 0.00000200. The van der Waals surface area contributed by atoms with Crippen LogP contribution in [0.15, 0.2) is 42.5 Å². The first-order valence-electron chi connectivity index (χ1n) is 6.74. The number of nitrogens with two attached hydrogens (primary N) is 1. The van der Waals surface area contributed by atoms with Gasteiger partial charge in [0.1, 0.15) is 11.5 Å². The number of aryl methyl sites for hydroxylation is 1. The van der Waals surface area contributed by atoms with Crippen LogP contribution >= 0.6 is 12.4 Å². The predicted molar refractivity (Wildman–Crippen MR) is 88.1 cm³/mol. The van der Waals surface area contributed by atoms with E-state index in [0.717, 1.165) is 29.2 Å². The Bertz CT molecular complexity index is 551. The second-order valence-corrected chi connectivity index (χ2v) is 5.00. The van der Waals surface area contributed by atoms with Crippen LogP contribution in [-0.4, -0.2) is 0 Å². The fourth-order valence-corrected chi connectivity index (χ4v) is 1.95. The smallest absolute Gasteiger partial charge is 0.127 e. The highest BCUT2D eigenvalue weighted by molar-refractivity contribution is 5.85. The third-order valence-electron chi connectivity index (χ3n) is 3.54. The molecule has 0 fully saturated rings. The third-order valence-corrected chi connectivity index (χ3v) is 3.54. The lowest BCUT2D eigenvalue weighted by molar-refractivity contribution is 0.482. The summed E-state index contributed by atoms with van der Waals surface area (Å²) in [5, 5.41) is 0. The van der Waals surface area contributed by atoms with Crippen molar-refractivity contribution >= 4 is 18.1 Å². The number of hydrogen-bond donors (Lipinski definition) is 1. The molecular formula is C17H22ClNO. The molecule has 20 heavy (non-hydrogen) atoms. The highest BCUT2D eigenvalue weighted by Gasteiger charge is 2.04. The predicted octanol–water partition coefficient (Wildman–Crippen LogP) is 5.30. The molecular weight excluding hydrogens is 270 g/mol. The molecule has 2 rings (SSSR count). The van der Waals surface area contributed by atoms with E-state index in [2.05, 4.69) is 26.0 Å². The average molecular weight is 292 g/mol. The highest BCUT2D eigenvalue weighted by atomic mass is 35.5. The van der Waals surface area contributed by atoms with Crippen molar-refractivity contribution in [2.75, 3.05) is 5.73 Å². The molecule has 0 heterocycles. The molecule has 2 nitrogen and oxygen atoms in total. The van der Waals surface area contributed by atoms with Gasteiger partial charge in [0.2, 0.25) is 0 Å². The van der Waals surface area contributed by atoms with E-state index in [9.17, 15) is 0 Å². The maximum Gasteiger partial charge on any atom is 0.127 e. The van der Waals surface area contributed by atoms with Crippen LogP contribution < -0.4 is 10.5 Å². The molecule has 1 unspecified atom stereocenters. The van der Waals surface area contributed by atoms with Gasteiger partial charge in [-0.15, -0.1) is 12.4 Å². The maximum atomic E-state index is 5.83. The molecule has 0 saturated carbocycles. The van der Waals surface area contributed by atoms with Crippen LogP contribution in [0.25, 0.3) is 0 Å². The van der Waals surface area contributed by atoms with Crippen LogP contribution in [0.1, 0.15) is 37.3 Å². The molecule has 3 heteroatoms. The minimum absolute atomic E-state index is 0. The standard InChI is InChI=1S/C17H21NO.ClH/c1-4-12(2)14-5-7-15(8-6-14)19-16-9-10-17(18)13(3)11-16;/h5-12H,4,18H2,1-3H3;1H. The van der Waals surface area contributed by atoms with E-state index in [-0.39, 0.29) is 12.4 Å². The summed E-state index contributed by atoms with van der Waals surface area (Å²) in [6.07, 6.45) is 1.15. The fourth-order valence-electron chi connectivity index (χ4n) is 1.95. The first kappa shape index (κ1) is 16.4. The van der Waals surface area contributed by atoms with Gasteiger partial charge in [0, 0.05) is 5.69 Å². The molecule has 2 aromatic carbocycles. The summed E-state index contributed by atoms with van der Waals surface area (Å²) in [6, 6.07) is 14.0. The average Bonchev–Trinajstić information content (AvgIpc) is 2.43. The summed E-state index contributed by atoms with van der Waals surface area (Å²) in [6.45, 7) is 6.42. The summed E-state index contributed by atoms with van der Waals surface area (Å²) in [7, 11) is 0. The molecule has 0 aliphatic heterocycles. The second kappa shape index (κ2) is 7.20. The van der Waals surface area contributed by atoms with Crippen molar-refractivity contribution in [3.8, 4) is 11.5 Å². The van der Waals surface area contributed by atoms with Gasteiger partial charge in [0.25, 0.3) is 0 Å². The largest absolute Gasteiger partial charge is 0.457 e. The summed E-state index contributed by atoms with van der Waals surface area (Å²) in [5.74, 6) is 2.27. The number of anilines is 1. The lowest BCUT2D eigenvalue weighted by Crippen LogP contribution is -1.92. The molecule has 0 saturated heterocycles. The molecule has 0 aromatic heterocycles. The van der Waals surface area contributed by atoms with Crippen LogP contribution in [0.2, 0.25) is 0 Å². The quantitative estimate of drug-likeness (QED) is 0.775. The normalized spacial score (nSPS) is 11.6. The van der Waals surface area contributed by atoms with E-state index < -0.39 is 0 Å². The number of ether oxygens (including phenoxy) is 1. The molecule has 108 valence electrons. The van der Waals surface area contributed by atoms with Crippen LogP contribution in [0.3, 0.4) is 0 Å². The van der Waals surface area contributed by atoms with Gasteiger partial charge < -0.3 is 10.5 Å². The fraction of sp³-hybridized carbons (Fsp3) is 0.294. The number of nitrogen functional groups attached to an aromatic ring is 1. The molecule has 2 aromatic rings. The minimum atomic E-state index is 0. The van der Waals surface area contributed by atoms with Gasteiger partial charge in [-0.25, -0.2) is 0 Å². The van der Waals surface area contributed by atoms with Crippen LogP contribution in [0.4, 0.5) is 5.69 Å². The molecule has 0 amide bonds. The number of rotatable bonds is 4. The zero-order chi connectivity index (χ0) is 13.8. The Morgan fingerprint density at radius 2 is 1.65 bits per heavy atom. The van der Waals surface area contributed by atoms with Crippen molar-refractivity contribution < 1.29 is 4.74 Å². The van der Waals surface area contributed by atoms with E-state index in [4.69, 9.17) is 10.5 Å². The van der Waals surface area contributed by atoms with Crippen molar-refractivity contribution in [1.29, 1.82) is 0 Å².